The molecule has 1 aliphatic heterocycles. The molecule has 3 heterocycles. The van der Waals surface area contributed by atoms with Gasteiger partial charge in [0.15, 0.2) is 22.8 Å². The van der Waals surface area contributed by atoms with Crippen molar-refractivity contribution in [2.75, 3.05) is 44.4 Å². The lowest BCUT2D eigenvalue weighted by molar-refractivity contribution is -0.129. The maximum Gasteiger partial charge on any atom is 0.243 e. The highest BCUT2D eigenvalue weighted by molar-refractivity contribution is 5.86. The van der Waals surface area contributed by atoms with Gasteiger partial charge in [0.1, 0.15) is 12.4 Å². The Kier molecular flexibility index (Phi) is 8.82. The number of nitrogens with one attached hydrogen (secondary N) is 1. The fourth-order valence-electron chi connectivity index (χ4n) is 4.08. The van der Waals surface area contributed by atoms with E-state index in [1.807, 2.05) is 30.6 Å². The second-order valence-electron chi connectivity index (χ2n) is 8.38. The van der Waals surface area contributed by atoms with Gasteiger partial charge in [-0.05, 0) is 25.0 Å². The van der Waals surface area contributed by atoms with Crippen molar-refractivity contribution in [3.8, 4) is 17.1 Å². The Bertz CT molecular complexity index is 1110. The third-order valence-electron chi connectivity index (χ3n) is 5.89. The number of amides is 1. The molecule has 1 fully saturated rings. The molecule has 1 aromatic carbocycles. The average Bonchev–Trinajstić information content (AvgIpc) is 3.32. The summed E-state index contributed by atoms with van der Waals surface area (Å²) in [6.45, 7) is 3.67. The number of hydrogen-bond acceptors (Lipinski definition) is 9. The molecule has 0 atom stereocenters. The Morgan fingerprint density at radius 2 is 1.97 bits per heavy atom. The van der Waals surface area contributed by atoms with Crippen LogP contribution in [0.25, 0.3) is 22.6 Å². The van der Waals surface area contributed by atoms with Crippen LogP contribution >= 0.6 is 0 Å². The SMILES string of the molecule is O=C(CCCCCCn1cnc2c(N3CCOCC3)nc(-c3cccc(OCCO)c3)nc21)NO. The molecule has 0 saturated carbocycles. The first-order valence-corrected chi connectivity index (χ1v) is 12.0. The number of carbonyl (C=O) groups is 1. The van der Waals surface area contributed by atoms with Crippen molar-refractivity contribution < 1.29 is 24.6 Å². The summed E-state index contributed by atoms with van der Waals surface area (Å²) in [4.78, 5) is 27.8. The molecule has 4 rings (SSSR count). The minimum atomic E-state index is -0.351. The fourth-order valence-corrected chi connectivity index (χ4v) is 4.08. The van der Waals surface area contributed by atoms with Gasteiger partial charge < -0.3 is 24.0 Å². The number of aliphatic hydroxyl groups is 1. The lowest BCUT2D eigenvalue weighted by Crippen LogP contribution is -2.37. The zero-order valence-electron chi connectivity index (χ0n) is 19.7. The largest absolute Gasteiger partial charge is 0.491 e. The number of hydrogen-bond donors (Lipinski definition) is 3. The van der Waals surface area contributed by atoms with Crippen LogP contribution in [0.2, 0.25) is 0 Å². The van der Waals surface area contributed by atoms with E-state index in [-0.39, 0.29) is 19.1 Å². The number of imidazole rings is 1. The van der Waals surface area contributed by atoms with E-state index in [0.29, 0.717) is 31.2 Å². The standard InChI is InChI=1S/C24H32N6O5/c31-12-15-35-19-7-5-6-18(16-19)22-26-23(29-10-13-34-14-11-29)21-24(27-22)30(17-25-21)9-4-2-1-3-8-20(32)28-33/h5-7,16-17,31,33H,1-4,8-15H2,(H,28,32). The van der Waals surface area contributed by atoms with Crippen molar-refractivity contribution >= 4 is 22.9 Å². The summed E-state index contributed by atoms with van der Waals surface area (Å²) in [7, 11) is 0. The lowest BCUT2D eigenvalue weighted by atomic mass is 10.1. The van der Waals surface area contributed by atoms with Crippen LogP contribution in [0.5, 0.6) is 5.75 Å². The monoisotopic (exact) mass is 484 g/mol. The van der Waals surface area contributed by atoms with Crippen LogP contribution in [0.3, 0.4) is 0 Å². The number of aromatic nitrogens is 4. The molecule has 3 N–H and O–H groups in total. The lowest BCUT2D eigenvalue weighted by Gasteiger charge is -2.28. The van der Waals surface area contributed by atoms with Crippen molar-refractivity contribution in [2.24, 2.45) is 0 Å². The number of rotatable bonds is 12. The molecular formula is C24H32N6O5. The number of benzene rings is 1. The van der Waals surface area contributed by atoms with Gasteiger partial charge in [-0.15, -0.1) is 0 Å². The summed E-state index contributed by atoms with van der Waals surface area (Å²) in [6, 6.07) is 7.55. The minimum absolute atomic E-state index is 0.0539. The predicted octanol–water partition coefficient (Wildman–Crippen LogP) is 2.16. The Hall–Kier alpha value is -3.28. The van der Waals surface area contributed by atoms with Crippen LogP contribution in [-0.4, -0.2) is 75.3 Å². The fraction of sp³-hybridized carbons (Fsp3) is 0.500. The molecule has 1 saturated heterocycles. The molecule has 1 amide bonds. The normalized spacial score (nSPS) is 13.8. The molecule has 0 aliphatic carbocycles. The maximum atomic E-state index is 11.1. The Balaban J connectivity index is 1.57. The number of ether oxygens (including phenoxy) is 2. The number of aliphatic hydroxyl groups excluding tert-OH is 1. The van der Waals surface area contributed by atoms with E-state index in [9.17, 15) is 4.79 Å². The van der Waals surface area contributed by atoms with Crippen LogP contribution in [0, 0.1) is 0 Å². The van der Waals surface area contributed by atoms with Gasteiger partial charge in [0.2, 0.25) is 5.91 Å². The van der Waals surface area contributed by atoms with Gasteiger partial charge in [-0.2, -0.15) is 0 Å². The summed E-state index contributed by atoms with van der Waals surface area (Å²) < 4.78 is 13.2. The summed E-state index contributed by atoms with van der Waals surface area (Å²) in [6.07, 6.45) is 5.65. The van der Waals surface area contributed by atoms with Crippen molar-refractivity contribution in [3.05, 3.63) is 30.6 Å². The van der Waals surface area contributed by atoms with Gasteiger partial charge in [0.05, 0.1) is 26.1 Å². The molecule has 3 aromatic rings. The third kappa shape index (κ3) is 6.44. The van der Waals surface area contributed by atoms with Gasteiger partial charge >= 0.3 is 0 Å². The molecule has 2 aromatic heterocycles. The highest BCUT2D eigenvalue weighted by Gasteiger charge is 2.21. The number of fused-ring (bicyclic) bond motifs is 1. The van der Waals surface area contributed by atoms with Gasteiger partial charge in [0.25, 0.3) is 0 Å². The molecule has 188 valence electrons. The zero-order chi connectivity index (χ0) is 24.5. The van der Waals surface area contributed by atoms with E-state index >= 15 is 0 Å². The predicted molar refractivity (Wildman–Crippen MR) is 129 cm³/mol. The molecular weight excluding hydrogens is 452 g/mol. The zero-order valence-corrected chi connectivity index (χ0v) is 19.7. The Morgan fingerprint density at radius 1 is 1.14 bits per heavy atom. The molecule has 0 spiro atoms. The summed E-state index contributed by atoms with van der Waals surface area (Å²) in [5, 5.41) is 17.7. The van der Waals surface area contributed by atoms with Crippen LogP contribution in [-0.2, 0) is 16.1 Å². The molecule has 0 bridgehead atoms. The smallest absolute Gasteiger partial charge is 0.243 e. The van der Waals surface area contributed by atoms with E-state index in [1.54, 1.807) is 5.48 Å². The van der Waals surface area contributed by atoms with Crippen LogP contribution in [0.4, 0.5) is 5.82 Å². The first kappa shape index (κ1) is 24.8. The van der Waals surface area contributed by atoms with Crippen LogP contribution in [0.1, 0.15) is 32.1 Å². The maximum absolute atomic E-state index is 11.1. The molecule has 11 nitrogen and oxygen atoms in total. The summed E-state index contributed by atoms with van der Waals surface area (Å²) >= 11 is 0. The van der Waals surface area contributed by atoms with Crippen molar-refractivity contribution in [3.63, 3.8) is 0 Å². The molecule has 1 aliphatic rings. The number of anilines is 1. The van der Waals surface area contributed by atoms with Gasteiger partial charge in [-0.3, -0.25) is 10.0 Å². The van der Waals surface area contributed by atoms with Gasteiger partial charge in [0, 0.05) is 31.6 Å². The molecule has 35 heavy (non-hydrogen) atoms. The first-order chi connectivity index (χ1) is 17.2. The highest BCUT2D eigenvalue weighted by atomic mass is 16.5. The van der Waals surface area contributed by atoms with Crippen molar-refractivity contribution in [1.29, 1.82) is 0 Å². The third-order valence-corrected chi connectivity index (χ3v) is 5.89. The number of carbonyl (C=O) groups excluding carboxylic acids is 1. The second-order valence-corrected chi connectivity index (χ2v) is 8.38. The Morgan fingerprint density at radius 3 is 2.77 bits per heavy atom. The number of nitrogens with zero attached hydrogens (tertiary/aromatic N) is 5. The first-order valence-electron chi connectivity index (χ1n) is 12.0. The van der Waals surface area contributed by atoms with E-state index in [0.717, 1.165) is 67.9 Å². The summed E-state index contributed by atoms with van der Waals surface area (Å²) in [5.74, 6) is 1.68. The van der Waals surface area contributed by atoms with E-state index in [2.05, 4.69) is 14.5 Å². The average molecular weight is 485 g/mol. The van der Waals surface area contributed by atoms with Gasteiger partial charge in [-0.1, -0.05) is 25.0 Å². The van der Waals surface area contributed by atoms with E-state index in [1.165, 1.54) is 0 Å². The number of morpholine rings is 1. The quantitative estimate of drug-likeness (QED) is 0.201. The number of unbranched alkanes of at least 4 members (excludes halogenated alkanes) is 3. The van der Waals surface area contributed by atoms with E-state index < -0.39 is 0 Å². The van der Waals surface area contributed by atoms with Crippen LogP contribution in [0.15, 0.2) is 30.6 Å². The topological polar surface area (TPSA) is 135 Å². The number of hydroxylamine groups is 1. The summed E-state index contributed by atoms with van der Waals surface area (Å²) in [5.41, 5.74) is 4.03. The second kappa shape index (κ2) is 12.4. The van der Waals surface area contributed by atoms with Crippen LogP contribution < -0.4 is 15.1 Å². The number of aryl methyl sites for hydroxylation is 1. The minimum Gasteiger partial charge on any atom is -0.491 e. The molecule has 0 unspecified atom stereocenters. The van der Waals surface area contributed by atoms with Crippen molar-refractivity contribution in [2.45, 2.75) is 38.6 Å². The highest BCUT2D eigenvalue weighted by Crippen LogP contribution is 2.29. The molecule has 0 radical (unpaired) electrons. The molecule has 11 heteroatoms. The van der Waals surface area contributed by atoms with Gasteiger partial charge in [-0.25, -0.2) is 20.4 Å². The van der Waals surface area contributed by atoms with E-state index in [4.69, 9.17) is 29.8 Å². The Labute approximate surface area is 203 Å². The van der Waals surface area contributed by atoms with Crippen molar-refractivity contribution in [1.82, 2.24) is 25.0 Å².